The van der Waals surface area contributed by atoms with Gasteiger partial charge in [0.15, 0.2) is 0 Å². The van der Waals surface area contributed by atoms with E-state index < -0.39 is 0 Å². The summed E-state index contributed by atoms with van der Waals surface area (Å²) in [6, 6.07) is 30.8. The standard InChI is InChI=1S/C25H17N/c1-26-22-13-7-6-12-21(22)24-23-17-9-3-2-8-16(17)14-15-19(23)18-10-4-5-11-20(18)25(24)26/h2-15H,1H3. The fraction of sp³-hybridized carbons (Fsp3) is 0.0400. The van der Waals surface area contributed by atoms with Crippen molar-refractivity contribution in [3.05, 3.63) is 84.9 Å². The highest BCUT2D eigenvalue weighted by atomic mass is 14.9. The van der Waals surface area contributed by atoms with E-state index in [2.05, 4.69) is 96.5 Å². The van der Waals surface area contributed by atoms with Crippen LogP contribution in [0.15, 0.2) is 84.9 Å². The van der Waals surface area contributed by atoms with E-state index in [9.17, 15) is 0 Å². The van der Waals surface area contributed by atoms with E-state index in [1.165, 1.54) is 54.1 Å². The zero-order valence-electron chi connectivity index (χ0n) is 14.5. The third-order valence-corrected chi connectivity index (χ3v) is 5.76. The number of fused-ring (bicyclic) bond motifs is 10. The molecule has 5 aromatic carbocycles. The largest absolute Gasteiger partial charge is 0.343 e. The summed E-state index contributed by atoms with van der Waals surface area (Å²) in [4.78, 5) is 0. The Balaban J connectivity index is 2.12. The highest BCUT2D eigenvalue weighted by molar-refractivity contribution is 6.36. The molecule has 0 atom stereocenters. The maximum atomic E-state index is 2.36. The number of hydrogen-bond acceptors (Lipinski definition) is 0. The number of aromatic nitrogens is 1. The Morgan fingerprint density at radius 3 is 2.00 bits per heavy atom. The van der Waals surface area contributed by atoms with Gasteiger partial charge in [-0.05, 0) is 27.6 Å². The van der Waals surface area contributed by atoms with Gasteiger partial charge >= 0.3 is 0 Å². The normalized spacial score (nSPS) is 12.0. The average Bonchev–Trinajstić information content (AvgIpc) is 3.01. The molecule has 1 heterocycles. The van der Waals surface area contributed by atoms with Gasteiger partial charge in [0, 0.05) is 34.1 Å². The zero-order valence-corrected chi connectivity index (χ0v) is 14.5. The molecule has 6 aromatic rings. The van der Waals surface area contributed by atoms with Crippen molar-refractivity contribution in [2.45, 2.75) is 0 Å². The van der Waals surface area contributed by atoms with Crippen LogP contribution in [-0.2, 0) is 7.05 Å². The molecule has 26 heavy (non-hydrogen) atoms. The van der Waals surface area contributed by atoms with Crippen LogP contribution in [0, 0.1) is 0 Å². The van der Waals surface area contributed by atoms with Gasteiger partial charge < -0.3 is 4.57 Å². The molecule has 1 nitrogen and oxygen atoms in total. The summed E-state index contributed by atoms with van der Waals surface area (Å²) in [6.45, 7) is 0. The van der Waals surface area contributed by atoms with E-state index in [4.69, 9.17) is 0 Å². The minimum atomic E-state index is 1.29. The molecule has 0 unspecified atom stereocenters. The number of hydrogen-bond donors (Lipinski definition) is 0. The van der Waals surface area contributed by atoms with Crippen molar-refractivity contribution in [1.29, 1.82) is 0 Å². The summed E-state index contributed by atoms with van der Waals surface area (Å²) in [5.74, 6) is 0. The summed E-state index contributed by atoms with van der Waals surface area (Å²) in [6.07, 6.45) is 0. The van der Waals surface area contributed by atoms with Gasteiger partial charge in [-0.2, -0.15) is 0 Å². The van der Waals surface area contributed by atoms with E-state index in [0.29, 0.717) is 0 Å². The van der Waals surface area contributed by atoms with Crippen LogP contribution in [-0.4, -0.2) is 4.57 Å². The molecule has 0 aliphatic carbocycles. The molecule has 6 rings (SSSR count). The Kier molecular flexibility index (Phi) is 2.60. The van der Waals surface area contributed by atoms with Crippen LogP contribution in [0.2, 0.25) is 0 Å². The number of rotatable bonds is 0. The lowest BCUT2D eigenvalue weighted by molar-refractivity contribution is 1.02. The Hall–Kier alpha value is -3.32. The van der Waals surface area contributed by atoms with E-state index in [-0.39, 0.29) is 0 Å². The highest BCUT2D eigenvalue weighted by Gasteiger charge is 2.17. The predicted octanol–water partition coefficient (Wildman–Crippen LogP) is 6.79. The second-order valence-corrected chi connectivity index (χ2v) is 7.05. The fourth-order valence-electron chi connectivity index (χ4n) is 4.65. The lowest BCUT2D eigenvalue weighted by Gasteiger charge is -2.11. The lowest BCUT2D eigenvalue weighted by atomic mass is 9.93. The first-order chi connectivity index (χ1) is 12.8. The summed E-state index contributed by atoms with van der Waals surface area (Å²) in [5, 5.41) is 10.7. The number of para-hydroxylation sites is 1. The maximum Gasteiger partial charge on any atom is 0.0575 e. The monoisotopic (exact) mass is 331 g/mol. The van der Waals surface area contributed by atoms with Gasteiger partial charge in [-0.15, -0.1) is 0 Å². The van der Waals surface area contributed by atoms with E-state index >= 15 is 0 Å². The molecular weight excluding hydrogens is 314 g/mol. The van der Waals surface area contributed by atoms with Crippen molar-refractivity contribution in [3.8, 4) is 0 Å². The second-order valence-electron chi connectivity index (χ2n) is 7.05. The summed E-state index contributed by atoms with van der Waals surface area (Å²) >= 11 is 0. The molecule has 1 aromatic heterocycles. The minimum Gasteiger partial charge on any atom is -0.343 e. The Morgan fingerprint density at radius 2 is 1.15 bits per heavy atom. The molecule has 0 aliphatic rings. The van der Waals surface area contributed by atoms with Crippen LogP contribution in [0.3, 0.4) is 0 Å². The number of benzene rings is 5. The molecule has 1 heteroatoms. The average molecular weight is 331 g/mol. The van der Waals surface area contributed by atoms with Gasteiger partial charge in [-0.1, -0.05) is 78.9 Å². The van der Waals surface area contributed by atoms with Crippen molar-refractivity contribution in [3.63, 3.8) is 0 Å². The summed E-state index contributed by atoms with van der Waals surface area (Å²) < 4.78 is 2.36. The third-order valence-electron chi connectivity index (χ3n) is 5.76. The van der Waals surface area contributed by atoms with Gasteiger partial charge in [0.2, 0.25) is 0 Å². The molecule has 0 N–H and O–H groups in total. The topological polar surface area (TPSA) is 4.93 Å². The molecule has 0 amide bonds. The van der Waals surface area contributed by atoms with Gasteiger partial charge in [-0.25, -0.2) is 0 Å². The maximum absolute atomic E-state index is 2.36. The SMILES string of the molecule is Cn1c2ccccc2c2c3c4ccccc4ccc3c3ccccc3c21. The first-order valence-electron chi connectivity index (χ1n) is 9.04. The van der Waals surface area contributed by atoms with Crippen molar-refractivity contribution in [1.82, 2.24) is 4.57 Å². The van der Waals surface area contributed by atoms with Crippen LogP contribution in [0.5, 0.6) is 0 Å². The molecule has 0 bridgehead atoms. The molecule has 0 saturated heterocycles. The highest BCUT2D eigenvalue weighted by Crippen LogP contribution is 2.42. The molecular formula is C25H17N. The van der Waals surface area contributed by atoms with Crippen molar-refractivity contribution < 1.29 is 0 Å². The van der Waals surface area contributed by atoms with E-state index in [1.54, 1.807) is 0 Å². The van der Waals surface area contributed by atoms with Crippen molar-refractivity contribution in [2.75, 3.05) is 0 Å². The Morgan fingerprint density at radius 1 is 0.500 bits per heavy atom. The fourth-order valence-corrected chi connectivity index (χ4v) is 4.65. The molecule has 0 spiro atoms. The quantitative estimate of drug-likeness (QED) is 0.270. The molecule has 122 valence electrons. The van der Waals surface area contributed by atoms with Crippen LogP contribution in [0.1, 0.15) is 0 Å². The van der Waals surface area contributed by atoms with Crippen LogP contribution >= 0.6 is 0 Å². The molecule has 0 radical (unpaired) electrons. The van der Waals surface area contributed by atoms with Gasteiger partial charge in [-0.3, -0.25) is 0 Å². The number of aryl methyl sites for hydroxylation is 1. The van der Waals surface area contributed by atoms with E-state index in [1.807, 2.05) is 0 Å². The summed E-state index contributed by atoms with van der Waals surface area (Å²) in [7, 11) is 2.19. The zero-order chi connectivity index (χ0) is 17.3. The molecule has 0 saturated carbocycles. The van der Waals surface area contributed by atoms with Crippen molar-refractivity contribution in [2.24, 2.45) is 7.05 Å². The minimum absolute atomic E-state index is 1.29. The van der Waals surface area contributed by atoms with Crippen LogP contribution < -0.4 is 0 Å². The number of nitrogens with zero attached hydrogens (tertiary/aromatic N) is 1. The first kappa shape index (κ1) is 13.9. The second kappa shape index (κ2) is 4.86. The van der Waals surface area contributed by atoms with Crippen LogP contribution in [0.4, 0.5) is 0 Å². The lowest BCUT2D eigenvalue weighted by Crippen LogP contribution is -1.89. The molecule has 0 fully saturated rings. The predicted molar refractivity (Wildman–Crippen MR) is 113 cm³/mol. The first-order valence-corrected chi connectivity index (χ1v) is 9.04. The smallest absolute Gasteiger partial charge is 0.0575 e. The van der Waals surface area contributed by atoms with Gasteiger partial charge in [0.25, 0.3) is 0 Å². The van der Waals surface area contributed by atoms with Crippen LogP contribution in [0.25, 0.3) is 54.1 Å². The third kappa shape index (κ3) is 1.60. The Bertz CT molecular complexity index is 1480. The van der Waals surface area contributed by atoms with Crippen molar-refractivity contribution >= 4 is 54.1 Å². The Labute approximate surface area is 151 Å². The van der Waals surface area contributed by atoms with Gasteiger partial charge in [0.05, 0.1) is 5.52 Å². The molecule has 0 aliphatic heterocycles. The summed E-state index contributed by atoms with van der Waals surface area (Å²) in [5.41, 5.74) is 2.61. The van der Waals surface area contributed by atoms with E-state index in [0.717, 1.165) is 0 Å². The van der Waals surface area contributed by atoms with Gasteiger partial charge in [0.1, 0.15) is 0 Å².